The fourth-order valence-electron chi connectivity index (χ4n) is 5.90. The summed E-state index contributed by atoms with van der Waals surface area (Å²) in [5, 5.41) is 2.77. The minimum Gasteiger partial charge on any atom is -0.201 e. The highest BCUT2D eigenvalue weighted by Gasteiger charge is 2.48. The van der Waals surface area contributed by atoms with E-state index in [1.807, 2.05) is 0 Å². The van der Waals surface area contributed by atoms with Crippen LogP contribution in [0.2, 0.25) is 0 Å². The van der Waals surface area contributed by atoms with Crippen LogP contribution in [0.4, 0.5) is 0 Å². The lowest BCUT2D eigenvalue weighted by Gasteiger charge is -2.49. The molecule has 1 heteroatoms. The SMILES string of the molecule is Cc1cc[n+](C)c(-c2c(C)ccc3c2C(C)(C)C(C)(C)c2c-3cc(C)c3ccccc23)c1. The van der Waals surface area contributed by atoms with Crippen molar-refractivity contribution >= 4 is 10.8 Å². The van der Waals surface area contributed by atoms with Gasteiger partial charge in [0.2, 0.25) is 5.69 Å². The Hall–Kier alpha value is -2.93. The van der Waals surface area contributed by atoms with E-state index in [0.717, 1.165) is 0 Å². The van der Waals surface area contributed by atoms with Gasteiger partial charge in [-0.15, -0.1) is 0 Å². The highest BCUT2D eigenvalue weighted by atomic mass is 14.9. The third-order valence-corrected chi connectivity index (χ3v) is 8.33. The van der Waals surface area contributed by atoms with Crippen molar-refractivity contribution < 1.29 is 4.57 Å². The van der Waals surface area contributed by atoms with Crippen LogP contribution < -0.4 is 4.57 Å². The van der Waals surface area contributed by atoms with Gasteiger partial charge in [-0.05, 0) is 70.5 Å². The molecule has 3 aromatic carbocycles. The van der Waals surface area contributed by atoms with Gasteiger partial charge in [0.05, 0.1) is 5.56 Å². The predicted molar refractivity (Wildman–Crippen MR) is 136 cm³/mol. The number of nitrogens with zero attached hydrogens (tertiary/aromatic N) is 1. The second-order valence-electron chi connectivity index (χ2n) is 10.8. The molecule has 0 atom stereocenters. The first kappa shape index (κ1) is 20.9. The molecule has 162 valence electrons. The molecule has 0 N–H and O–H groups in total. The zero-order chi connectivity index (χ0) is 23.0. The largest absolute Gasteiger partial charge is 0.213 e. The lowest BCUT2D eigenvalue weighted by Crippen LogP contribution is -2.45. The predicted octanol–water partition coefficient (Wildman–Crippen LogP) is 7.49. The molecule has 4 aromatic rings. The average Bonchev–Trinajstić information content (AvgIpc) is 2.74. The van der Waals surface area contributed by atoms with Crippen molar-refractivity contribution in [2.75, 3.05) is 0 Å². The summed E-state index contributed by atoms with van der Waals surface area (Å²) in [7, 11) is 2.17. The Morgan fingerprint density at radius 2 is 1.31 bits per heavy atom. The smallest absolute Gasteiger partial charge is 0.201 e. The summed E-state index contributed by atoms with van der Waals surface area (Å²) >= 11 is 0. The Kier molecular flexibility index (Phi) is 4.44. The van der Waals surface area contributed by atoms with E-state index in [2.05, 4.69) is 121 Å². The maximum atomic E-state index is 2.45. The van der Waals surface area contributed by atoms with Crippen LogP contribution >= 0.6 is 0 Å². The van der Waals surface area contributed by atoms with Crippen LogP contribution in [0.15, 0.2) is 60.8 Å². The van der Waals surface area contributed by atoms with Gasteiger partial charge in [-0.2, -0.15) is 0 Å². The summed E-state index contributed by atoms with van der Waals surface area (Å²) in [5.41, 5.74) is 12.3. The number of benzene rings is 3. The molecule has 1 heterocycles. The van der Waals surface area contributed by atoms with Crippen LogP contribution in [0.1, 0.15) is 55.5 Å². The number of hydrogen-bond donors (Lipinski definition) is 0. The van der Waals surface area contributed by atoms with Crippen molar-refractivity contribution in [3.05, 3.63) is 88.6 Å². The van der Waals surface area contributed by atoms with E-state index in [9.17, 15) is 0 Å². The van der Waals surface area contributed by atoms with Gasteiger partial charge in [-0.25, -0.2) is 4.57 Å². The highest BCUT2D eigenvalue weighted by molar-refractivity contribution is 5.98. The molecule has 0 bridgehead atoms. The third kappa shape index (κ3) is 2.67. The van der Waals surface area contributed by atoms with Gasteiger partial charge in [0.15, 0.2) is 6.20 Å². The quantitative estimate of drug-likeness (QED) is 0.281. The lowest BCUT2D eigenvalue weighted by atomic mass is 9.53. The normalized spacial score (nSPS) is 16.0. The number of aryl methyl sites for hydroxylation is 4. The first-order chi connectivity index (χ1) is 15.1. The maximum Gasteiger partial charge on any atom is 0.213 e. The molecule has 0 spiro atoms. The number of pyridine rings is 1. The topological polar surface area (TPSA) is 3.88 Å². The van der Waals surface area contributed by atoms with E-state index in [0.29, 0.717) is 0 Å². The van der Waals surface area contributed by atoms with Crippen molar-refractivity contribution in [2.45, 2.75) is 59.3 Å². The van der Waals surface area contributed by atoms with Crippen molar-refractivity contribution in [3.63, 3.8) is 0 Å². The first-order valence-electron chi connectivity index (χ1n) is 11.7. The minimum absolute atomic E-state index is 0.0342. The number of fused-ring (bicyclic) bond motifs is 5. The molecular weight excluding hydrogens is 386 g/mol. The van der Waals surface area contributed by atoms with Gasteiger partial charge in [0.25, 0.3) is 0 Å². The fraction of sp³-hybridized carbons (Fsp3) is 0.323. The summed E-state index contributed by atoms with van der Waals surface area (Å²) in [6.07, 6.45) is 2.19. The van der Waals surface area contributed by atoms with Gasteiger partial charge in [-0.1, -0.05) is 70.2 Å². The second kappa shape index (κ2) is 6.78. The van der Waals surface area contributed by atoms with E-state index in [1.165, 1.54) is 61.0 Å². The van der Waals surface area contributed by atoms with Gasteiger partial charge in [0.1, 0.15) is 7.05 Å². The molecule has 1 aromatic heterocycles. The van der Waals surface area contributed by atoms with Gasteiger partial charge in [0, 0.05) is 23.0 Å². The number of aromatic nitrogens is 1. The monoisotopic (exact) mass is 420 g/mol. The third-order valence-electron chi connectivity index (χ3n) is 8.33. The molecule has 0 aliphatic heterocycles. The average molecular weight is 421 g/mol. The molecule has 1 aliphatic rings. The van der Waals surface area contributed by atoms with Crippen LogP contribution in [0.25, 0.3) is 33.2 Å². The molecule has 0 radical (unpaired) electrons. The second-order valence-corrected chi connectivity index (χ2v) is 10.8. The fourth-order valence-corrected chi connectivity index (χ4v) is 5.90. The Morgan fingerprint density at radius 1 is 0.656 bits per heavy atom. The van der Waals surface area contributed by atoms with Crippen molar-refractivity contribution in [1.82, 2.24) is 0 Å². The van der Waals surface area contributed by atoms with Gasteiger partial charge >= 0.3 is 0 Å². The van der Waals surface area contributed by atoms with Gasteiger partial charge < -0.3 is 0 Å². The molecule has 1 nitrogen and oxygen atoms in total. The van der Waals surface area contributed by atoms with Crippen LogP contribution in [-0.2, 0) is 17.9 Å². The molecular formula is C31H34N+. The van der Waals surface area contributed by atoms with Crippen molar-refractivity contribution in [1.29, 1.82) is 0 Å². The van der Waals surface area contributed by atoms with Gasteiger partial charge in [-0.3, -0.25) is 0 Å². The lowest BCUT2D eigenvalue weighted by molar-refractivity contribution is -0.660. The van der Waals surface area contributed by atoms with E-state index in [1.54, 1.807) is 0 Å². The molecule has 5 rings (SSSR count). The van der Waals surface area contributed by atoms with Crippen molar-refractivity contribution in [3.8, 4) is 22.4 Å². The Labute approximate surface area is 192 Å². The molecule has 0 saturated carbocycles. The summed E-state index contributed by atoms with van der Waals surface area (Å²) in [5.74, 6) is 0. The van der Waals surface area contributed by atoms with Crippen LogP contribution in [0.3, 0.4) is 0 Å². The Balaban J connectivity index is 1.99. The van der Waals surface area contributed by atoms with E-state index < -0.39 is 0 Å². The maximum absolute atomic E-state index is 2.45. The molecule has 32 heavy (non-hydrogen) atoms. The molecule has 0 amide bonds. The molecule has 0 saturated heterocycles. The van der Waals surface area contributed by atoms with Crippen LogP contribution in [-0.4, -0.2) is 0 Å². The van der Waals surface area contributed by atoms with Crippen molar-refractivity contribution in [2.24, 2.45) is 7.05 Å². The standard InChI is InChI=1S/C31H34N/c1-19-15-16-32(8)26(17-19)27-20(2)13-14-24-25-18-21(3)22-11-9-10-12-23(22)28(25)30(4,5)31(6,7)29(24)27/h9-18H,1-8H3/q+1. The molecule has 0 unspecified atom stereocenters. The Morgan fingerprint density at radius 3 is 2.03 bits per heavy atom. The zero-order valence-corrected chi connectivity index (χ0v) is 20.7. The first-order valence-corrected chi connectivity index (χ1v) is 11.7. The zero-order valence-electron chi connectivity index (χ0n) is 20.7. The Bertz CT molecular complexity index is 1400. The van der Waals surface area contributed by atoms with E-state index in [-0.39, 0.29) is 10.8 Å². The minimum atomic E-state index is -0.0501. The molecule has 0 fully saturated rings. The van der Waals surface area contributed by atoms with E-state index >= 15 is 0 Å². The highest BCUT2D eigenvalue weighted by Crippen LogP contribution is 2.58. The number of hydrogen-bond acceptors (Lipinski definition) is 0. The number of rotatable bonds is 1. The van der Waals surface area contributed by atoms with Crippen LogP contribution in [0.5, 0.6) is 0 Å². The summed E-state index contributed by atoms with van der Waals surface area (Å²) in [6, 6.07) is 20.6. The van der Waals surface area contributed by atoms with E-state index in [4.69, 9.17) is 0 Å². The van der Waals surface area contributed by atoms with Crippen LogP contribution in [0, 0.1) is 20.8 Å². The summed E-state index contributed by atoms with van der Waals surface area (Å²) in [4.78, 5) is 0. The summed E-state index contributed by atoms with van der Waals surface area (Å²) < 4.78 is 2.28. The summed E-state index contributed by atoms with van der Waals surface area (Å²) in [6.45, 7) is 16.5. The molecule has 1 aliphatic carbocycles.